The lowest BCUT2D eigenvalue weighted by atomic mass is 10.1. The maximum Gasteiger partial charge on any atom is 0.422 e. The van der Waals surface area contributed by atoms with Crippen molar-refractivity contribution in [1.29, 1.82) is 0 Å². The normalized spacial score (nSPS) is 14.3. The summed E-state index contributed by atoms with van der Waals surface area (Å²) in [7, 11) is 0. The Balaban J connectivity index is 0.00000289. The summed E-state index contributed by atoms with van der Waals surface area (Å²) in [5, 5.41) is 3.35. The average molecular weight is 511 g/mol. The highest BCUT2D eigenvalue weighted by Gasteiger charge is 2.28. The van der Waals surface area contributed by atoms with Gasteiger partial charge in [-0.15, -0.1) is 12.4 Å². The lowest BCUT2D eigenvalue weighted by molar-refractivity contribution is -0.153. The van der Waals surface area contributed by atoms with E-state index in [1.54, 1.807) is 24.3 Å². The number of halogens is 5. The van der Waals surface area contributed by atoms with E-state index < -0.39 is 12.8 Å². The van der Waals surface area contributed by atoms with Crippen molar-refractivity contribution < 1.29 is 27.0 Å². The van der Waals surface area contributed by atoms with E-state index >= 15 is 0 Å². The predicted molar refractivity (Wildman–Crippen MR) is 124 cm³/mol. The Morgan fingerprint density at radius 2 is 1.77 bits per heavy atom. The second-order valence-electron chi connectivity index (χ2n) is 8.28. The number of benzene rings is 2. The Labute approximate surface area is 205 Å². The van der Waals surface area contributed by atoms with Crippen LogP contribution in [0.5, 0.6) is 5.75 Å². The molecule has 0 radical (unpaired) electrons. The number of nitrogens with zero attached hydrogens (tertiary/aromatic N) is 3. The molecule has 5 rings (SSSR count). The smallest absolute Gasteiger partial charge is 0.422 e. The SMILES string of the molecule is Cl.Fc1ccc2c(c1)CN(c1nc3c(c(NCCc4ccc(OCC(F)(F)F)cc4)n1)COC3)C2. The highest BCUT2D eigenvalue weighted by Crippen LogP contribution is 2.31. The van der Waals surface area contributed by atoms with Crippen LogP contribution < -0.4 is 15.0 Å². The molecule has 1 aromatic heterocycles. The fourth-order valence-electron chi connectivity index (χ4n) is 4.07. The van der Waals surface area contributed by atoms with Gasteiger partial charge in [-0.25, -0.2) is 9.37 Å². The van der Waals surface area contributed by atoms with Gasteiger partial charge in [-0.3, -0.25) is 0 Å². The maximum atomic E-state index is 13.6. The highest BCUT2D eigenvalue weighted by molar-refractivity contribution is 5.85. The molecule has 0 saturated heterocycles. The molecule has 1 N–H and O–H groups in total. The van der Waals surface area contributed by atoms with Crippen molar-refractivity contribution in [3.63, 3.8) is 0 Å². The Bertz CT molecular complexity index is 1190. The molecule has 2 aliphatic rings. The number of alkyl halides is 3. The van der Waals surface area contributed by atoms with Crippen molar-refractivity contribution in [1.82, 2.24) is 9.97 Å². The quantitative estimate of drug-likeness (QED) is 0.442. The number of hydrogen-bond donors (Lipinski definition) is 1. The Kier molecular flexibility index (Phi) is 7.32. The maximum absolute atomic E-state index is 13.6. The van der Waals surface area contributed by atoms with Gasteiger partial charge >= 0.3 is 6.18 Å². The molecule has 0 spiro atoms. The molecule has 11 heteroatoms. The fourth-order valence-corrected chi connectivity index (χ4v) is 4.07. The lowest BCUT2D eigenvalue weighted by Gasteiger charge is -2.18. The minimum atomic E-state index is -4.36. The summed E-state index contributed by atoms with van der Waals surface area (Å²) >= 11 is 0. The van der Waals surface area contributed by atoms with Gasteiger partial charge in [0.1, 0.15) is 17.4 Å². The zero-order valence-electron chi connectivity index (χ0n) is 18.6. The van der Waals surface area contributed by atoms with Gasteiger partial charge in [-0.05, 0) is 47.4 Å². The van der Waals surface area contributed by atoms with Crippen molar-refractivity contribution in [3.05, 3.63) is 76.2 Å². The molecule has 35 heavy (non-hydrogen) atoms. The van der Waals surface area contributed by atoms with Gasteiger partial charge in [0.05, 0.1) is 18.9 Å². The first-order valence-electron chi connectivity index (χ1n) is 10.9. The van der Waals surface area contributed by atoms with Crippen LogP contribution in [0.1, 0.15) is 27.9 Å². The van der Waals surface area contributed by atoms with E-state index in [0.29, 0.717) is 51.0 Å². The van der Waals surface area contributed by atoms with E-state index in [2.05, 4.69) is 10.3 Å². The van der Waals surface area contributed by atoms with Gasteiger partial charge in [0.2, 0.25) is 5.95 Å². The molecule has 0 unspecified atom stereocenters. The molecule has 2 aliphatic heterocycles. The number of hydrogen-bond acceptors (Lipinski definition) is 6. The van der Waals surface area contributed by atoms with Crippen LogP contribution >= 0.6 is 12.4 Å². The largest absolute Gasteiger partial charge is 0.484 e. The van der Waals surface area contributed by atoms with Crippen LogP contribution in [0, 0.1) is 5.82 Å². The zero-order chi connectivity index (χ0) is 23.7. The minimum absolute atomic E-state index is 0. The molecule has 0 aliphatic carbocycles. The first-order valence-corrected chi connectivity index (χ1v) is 10.9. The third-order valence-corrected chi connectivity index (χ3v) is 5.77. The first-order chi connectivity index (χ1) is 16.3. The van der Waals surface area contributed by atoms with E-state index in [9.17, 15) is 17.6 Å². The summed E-state index contributed by atoms with van der Waals surface area (Å²) in [5.41, 5.74) is 4.69. The van der Waals surface area contributed by atoms with Gasteiger partial charge in [0, 0.05) is 25.2 Å². The molecule has 0 saturated carbocycles. The van der Waals surface area contributed by atoms with Crippen molar-refractivity contribution in [2.75, 3.05) is 23.4 Å². The number of anilines is 2. The monoisotopic (exact) mass is 510 g/mol. The third kappa shape index (κ3) is 5.94. The molecule has 6 nitrogen and oxygen atoms in total. The molecule has 0 atom stereocenters. The molecule has 3 aromatic rings. The van der Waals surface area contributed by atoms with Gasteiger partial charge in [0.15, 0.2) is 6.61 Å². The van der Waals surface area contributed by atoms with E-state index in [-0.39, 0.29) is 24.0 Å². The lowest BCUT2D eigenvalue weighted by Crippen LogP contribution is -2.20. The number of ether oxygens (including phenoxy) is 2. The van der Waals surface area contributed by atoms with Crippen LogP contribution in [0.2, 0.25) is 0 Å². The van der Waals surface area contributed by atoms with Gasteiger partial charge in [0.25, 0.3) is 0 Å². The van der Waals surface area contributed by atoms with Gasteiger partial charge in [-0.1, -0.05) is 18.2 Å². The van der Waals surface area contributed by atoms with E-state index in [1.807, 2.05) is 4.90 Å². The fraction of sp³-hybridized carbons (Fsp3) is 0.333. The van der Waals surface area contributed by atoms with Crippen LogP contribution in [-0.4, -0.2) is 29.3 Å². The van der Waals surface area contributed by atoms with Crippen LogP contribution in [0.25, 0.3) is 0 Å². The average Bonchev–Trinajstić information content (AvgIpc) is 3.44. The molecular formula is C24H23ClF4N4O2. The van der Waals surface area contributed by atoms with E-state index in [0.717, 1.165) is 27.9 Å². The van der Waals surface area contributed by atoms with Crippen LogP contribution in [0.3, 0.4) is 0 Å². The van der Waals surface area contributed by atoms with Crippen molar-refractivity contribution >= 4 is 24.2 Å². The Morgan fingerprint density at radius 3 is 2.54 bits per heavy atom. The van der Waals surface area contributed by atoms with E-state index in [1.165, 1.54) is 18.2 Å². The van der Waals surface area contributed by atoms with Crippen LogP contribution in [-0.2, 0) is 37.5 Å². The second kappa shape index (κ2) is 10.2. The van der Waals surface area contributed by atoms with Crippen LogP contribution in [0.4, 0.5) is 29.3 Å². The summed E-state index contributed by atoms with van der Waals surface area (Å²) in [6.45, 7) is 1.24. The zero-order valence-corrected chi connectivity index (χ0v) is 19.4. The Hall–Kier alpha value is -3.11. The van der Waals surface area contributed by atoms with E-state index in [4.69, 9.17) is 14.5 Å². The van der Waals surface area contributed by atoms with Gasteiger partial charge < -0.3 is 19.7 Å². The second-order valence-corrected chi connectivity index (χ2v) is 8.28. The molecule has 0 amide bonds. The van der Waals surface area contributed by atoms with Crippen molar-refractivity contribution in [3.8, 4) is 5.75 Å². The van der Waals surface area contributed by atoms with Gasteiger partial charge in [-0.2, -0.15) is 18.2 Å². The number of fused-ring (bicyclic) bond motifs is 2. The standard InChI is InChI=1S/C24H22F4N4O2.ClH/c25-18-4-3-16-10-32(11-17(16)9-18)23-30-21-13-33-12-20(21)22(31-23)29-8-7-15-1-5-19(6-2-15)34-14-24(26,27)28;/h1-6,9H,7-8,10-14H2,(H,29,30,31);1H. The predicted octanol–water partition coefficient (Wildman–Crippen LogP) is 5.18. The third-order valence-electron chi connectivity index (χ3n) is 5.77. The van der Waals surface area contributed by atoms with Crippen LogP contribution in [0.15, 0.2) is 42.5 Å². The number of aromatic nitrogens is 2. The summed E-state index contributed by atoms with van der Waals surface area (Å²) in [6, 6.07) is 11.3. The molecule has 0 fully saturated rings. The summed E-state index contributed by atoms with van der Waals surface area (Å²) in [4.78, 5) is 11.4. The first kappa shape index (κ1) is 25.0. The molecular weight excluding hydrogens is 488 g/mol. The Morgan fingerprint density at radius 1 is 1.00 bits per heavy atom. The molecule has 3 heterocycles. The minimum Gasteiger partial charge on any atom is -0.484 e. The number of rotatable bonds is 7. The molecule has 186 valence electrons. The summed E-state index contributed by atoms with van der Waals surface area (Å²) in [5.74, 6) is 1.18. The molecule has 2 aromatic carbocycles. The van der Waals surface area contributed by atoms with Crippen molar-refractivity contribution in [2.24, 2.45) is 0 Å². The highest BCUT2D eigenvalue weighted by atomic mass is 35.5. The topological polar surface area (TPSA) is 59.5 Å². The number of nitrogens with one attached hydrogen (secondary N) is 1. The molecule has 0 bridgehead atoms. The summed E-state index contributed by atoms with van der Waals surface area (Å²) in [6.07, 6.45) is -3.72. The van der Waals surface area contributed by atoms with Crippen molar-refractivity contribution in [2.45, 2.75) is 38.9 Å². The summed E-state index contributed by atoms with van der Waals surface area (Å²) < 4.78 is 60.8.